The molecule has 156 valence electrons. The molecular formula is C23H18Cl4O3. The molecule has 0 heterocycles. The van der Waals surface area contributed by atoms with E-state index in [0.29, 0.717) is 36.8 Å². The third kappa shape index (κ3) is 5.48. The molecule has 0 saturated heterocycles. The number of ether oxygens (including phenoxy) is 1. The summed E-state index contributed by atoms with van der Waals surface area (Å²) in [6.07, 6.45) is -1.70. The predicted octanol–water partition coefficient (Wildman–Crippen LogP) is 7.57. The van der Waals surface area contributed by atoms with Gasteiger partial charge in [-0.1, -0.05) is 71.5 Å². The maximum absolute atomic E-state index is 12.8. The highest BCUT2D eigenvalue weighted by Gasteiger charge is 2.31. The molecule has 0 saturated carbocycles. The van der Waals surface area contributed by atoms with Gasteiger partial charge in [-0.25, -0.2) is 4.79 Å². The van der Waals surface area contributed by atoms with Crippen LogP contribution in [0.5, 0.6) is 0 Å². The minimum absolute atomic E-state index is 0.335. The molecule has 3 atom stereocenters. The molecule has 0 unspecified atom stereocenters. The van der Waals surface area contributed by atoms with Crippen molar-refractivity contribution in [2.24, 2.45) is 5.92 Å². The van der Waals surface area contributed by atoms with E-state index in [-0.39, 0.29) is 0 Å². The van der Waals surface area contributed by atoms with Gasteiger partial charge in [0, 0.05) is 16.0 Å². The Bertz CT molecular complexity index is 1020. The van der Waals surface area contributed by atoms with Crippen LogP contribution >= 0.6 is 46.4 Å². The van der Waals surface area contributed by atoms with E-state index in [1.54, 1.807) is 73.7 Å². The number of hydrogen-bond acceptors (Lipinski definition) is 3. The highest BCUT2D eigenvalue weighted by atomic mass is 35.5. The van der Waals surface area contributed by atoms with Crippen LogP contribution in [0.4, 0.5) is 0 Å². The van der Waals surface area contributed by atoms with Crippen LogP contribution in [-0.2, 0) is 4.74 Å². The molecule has 0 amide bonds. The van der Waals surface area contributed by atoms with Crippen LogP contribution in [0.15, 0.2) is 66.7 Å². The molecule has 0 bridgehead atoms. The van der Waals surface area contributed by atoms with Crippen LogP contribution in [-0.4, -0.2) is 11.1 Å². The monoisotopic (exact) mass is 482 g/mol. The van der Waals surface area contributed by atoms with Gasteiger partial charge < -0.3 is 9.84 Å². The molecule has 30 heavy (non-hydrogen) atoms. The minimum atomic E-state index is -0.960. The summed E-state index contributed by atoms with van der Waals surface area (Å²) < 4.78 is 5.82. The molecule has 0 spiro atoms. The van der Waals surface area contributed by atoms with Crippen molar-refractivity contribution in [2.45, 2.75) is 19.1 Å². The number of aliphatic hydroxyl groups excluding tert-OH is 1. The van der Waals surface area contributed by atoms with Gasteiger partial charge in [-0.2, -0.15) is 0 Å². The normalized spacial score (nSPS) is 14.1. The quantitative estimate of drug-likeness (QED) is 0.367. The Morgan fingerprint density at radius 3 is 1.90 bits per heavy atom. The Balaban J connectivity index is 1.91. The number of carbonyl (C=O) groups is 1. The smallest absolute Gasteiger partial charge is 0.338 e. The van der Waals surface area contributed by atoms with E-state index in [0.717, 1.165) is 0 Å². The Hall–Kier alpha value is -1.75. The molecule has 1 N–H and O–H groups in total. The van der Waals surface area contributed by atoms with Crippen molar-refractivity contribution in [1.82, 2.24) is 0 Å². The molecule has 7 heteroatoms. The topological polar surface area (TPSA) is 46.5 Å². The summed E-state index contributed by atoms with van der Waals surface area (Å²) in [5, 5.41) is 12.8. The van der Waals surface area contributed by atoms with E-state index in [1.807, 2.05) is 0 Å². The predicted molar refractivity (Wildman–Crippen MR) is 122 cm³/mol. The van der Waals surface area contributed by atoms with Crippen molar-refractivity contribution in [2.75, 3.05) is 0 Å². The number of carbonyl (C=O) groups excluding carboxylic acids is 1. The summed E-state index contributed by atoms with van der Waals surface area (Å²) in [5.74, 6) is -1.03. The summed E-state index contributed by atoms with van der Waals surface area (Å²) >= 11 is 24.0. The van der Waals surface area contributed by atoms with Crippen LogP contribution in [0, 0.1) is 5.92 Å². The number of benzene rings is 3. The van der Waals surface area contributed by atoms with Gasteiger partial charge in [0.25, 0.3) is 0 Å². The van der Waals surface area contributed by atoms with E-state index in [9.17, 15) is 9.90 Å². The fourth-order valence-electron chi connectivity index (χ4n) is 3.07. The third-order valence-electron chi connectivity index (χ3n) is 4.77. The summed E-state index contributed by atoms with van der Waals surface area (Å²) in [4.78, 5) is 12.8. The number of rotatable bonds is 6. The largest absolute Gasteiger partial charge is 0.453 e. The van der Waals surface area contributed by atoms with Gasteiger partial charge in [-0.15, -0.1) is 0 Å². The average Bonchev–Trinajstić information content (AvgIpc) is 2.74. The fraction of sp³-hybridized carbons (Fsp3) is 0.174. The van der Waals surface area contributed by atoms with Crippen molar-refractivity contribution in [1.29, 1.82) is 0 Å². The molecule has 3 nitrogen and oxygen atoms in total. The first-order chi connectivity index (χ1) is 14.3. The van der Waals surface area contributed by atoms with E-state index >= 15 is 0 Å². The van der Waals surface area contributed by atoms with Gasteiger partial charge >= 0.3 is 5.97 Å². The first-order valence-corrected chi connectivity index (χ1v) is 10.6. The summed E-state index contributed by atoms with van der Waals surface area (Å²) in [6.45, 7) is 1.79. The second kappa shape index (κ2) is 10.0. The van der Waals surface area contributed by atoms with Gasteiger partial charge in [-0.3, -0.25) is 0 Å². The van der Waals surface area contributed by atoms with Crippen LogP contribution in [0.2, 0.25) is 20.1 Å². The molecule has 3 aromatic carbocycles. The number of esters is 1. The van der Waals surface area contributed by atoms with Gasteiger partial charge in [-0.05, 0) is 59.7 Å². The van der Waals surface area contributed by atoms with E-state index < -0.39 is 24.1 Å². The molecule has 0 fully saturated rings. The minimum Gasteiger partial charge on any atom is -0.453 e. The zero-order chi connectivity index (χ0) is 21.8. The van der Waals surface area contributed by atoms with Crippen molar-refractivity contribution in [3.05, 3.63) is 104 Å². The van der Waals surface area contributed by atoms with E-state index in [2.05, 4.69) is 0 Å². The van der Waals surface area contributed by atoms with Crippen molar-refractivity contribution < 1.29 is 14.6 Å². The van der Waals surface area contributed by atoms with Crippen molar-refractivity contribution in [3.8, 4) is 0 Å². The second-order valence-electron chi connectivity index (χ2n) is 6.86. The molecule has 0 aliphatic heterocycles. The van der Waals surface area contributed by atoms with Crippen LogP contribution in [0.3, 0.4) is 0 Å². The number of halogens is 4. The number of aliphatic hydroxyl groups is 1. The molecular weight excluding hydrogens is 466 g/mol. The maximum Gasteiger partial charge on any atom is 0.338 e. The Morgan fingerprint density at radius 1 is 0.800 bits per heavy atom. The van der Waals surface area contributed by atoms with Gasteiger partial charge in [0.1, 0.15) is 6.10 Å². The lowest BCUT2D eigenvalue weighted by Gasteiger charge is -2.29. The molecule has 0 aliphatic carbocycles. The molecule has 0 aliphatic rings. The van der Waals surface area contributed by atoms with E-state index in [1.165, 1.54) is 0 Å². The zero-order valence-corrected chi connectivity index (χ0v) is 18.9. The lowest BCUT2D eigenvalue weighted by molar-refractivity contribution is -0.0155. The second-order valence-corrected chi connectivity index (χ2v) is 8.55. The summed E-state index contributed by atoms with van der Waals surface area (Å²) in [6, 6.07) is 18.3. The van der Waals surface area contributed by atoms with Crippen LogP contribution in [0.1, 0.15) is 40.6 Å². The zero-order valence-electron chi connectivity index (χ0n) is 15.9. The lowest BCUT2D eigenvalue weighted by Crippen LogP contribution is -2.23. The Morgan fingerprint density at radius 2 is 1.33 bits per heavy atom. The van der Waals surface area contributed by atoms with E-state index in [4.69, 9.17) is 51.1 Å². The van der Waals surface area contributed by atoms with Gasteiger partial charge in [0.15, 0.2) is 0 Å². The number of hydrogen-bond donors (Lipinski definition) is 1. The fourth-order valence-corrected chi connectivity index (χ4v) is 3.62. The van der Waals surface area contributed by atoms with Crippen LogP contribution < -0.4 is 0 Å². The standard InChI is InChI=1S/C23H18Cl4O3/c1-13(21(28)16-6-11-19(26)20(27)12-16)22(14-2-7-17(24)8-3-14)30-23(29)15-4-9-18(25)10-5-15/h2-13,21-22,28H,1H3/t13-,21-,22-/m0/s1. The first kappa shape index (κ1) is 22.9. The highest BCUT2D eigenvalue weighted by molar-refractivity contribution is 6.42. The van der Waals surface area contributed by atoms with Crippen LogP contribution in [0.25, 0.3) is 0 Å². The average molecular weight is 484 g/mol. The Kier molecular flexibility index (Phi) is 7.67. The summed E-state index contributed by atoms with van der Waals surface area (Å²) in [5.41, 5.74) is 1.63. The SMILES string of the molecule is C[C@@H]([C@H](O)c1ccc(Cl)c(Cl)c1)[C@H](OC(=O)c1ccc(Cl)cc1)c1ccc(Cl)cc1. The van der Waals surface area contributed by atoms with Gasteiger partial charge in [0.05, 0.1) is 21.7 Å². The van der Waals surface area contributed by atoms with Gasteiger partial charge in [0.2, 0.25) is 0 Å². The molecule has 3 aromatic rings. The maximum atomic E-state index is 12.8. The highest BCUT2D eigenvalue weighted by Crippen LogP contribution is 2.38. The van der Waals surface area contributed by atoms with Crippen molar-refractivity contribution in [3.63, 3.8) is 0 Å². The third-order valence-corrected chi connectivity index (χ3v) is 6.02. The first-order valence-electron chi connectivity index (χ1n) is 9.11. The Labute approximate surface area is 195 Å². The molecule has 0 radical (unpaired) electrons. The molecule has 3 rings (SSSR count). The molecule has 0 aromatic heterocycles. The lowest BCUT2D eigenvalue weighted by atomic mass is 9.88. The van der Waals surface area contributed by atoms with Crippen molar-refractivity contribution >= 4 is 52.4 Å². The summed E-state index contributed by atoms with van der Waals surface area (Å²) in [7, 11) is 0.